The van der Waals surface area contributed by atoms with E-state index in [2.05, 4.69) is 5.32 Å². The largest absolute Gasteiger partial charge is 0.347 e. The third-order valence-corrected chi connectivity index (χ3v) is 3.24. The van der Waals surface area contributed by atoms with Gasteiger partial charge in [-0.05, 0) is 26.0 Å². The Morgan fingerprint density at radius 3 is 2.68 bits per heavy atom. The zero-order valence-electron chi connectivity index (χ0n) is 11.0. The van der Waals surface area contributed by atoms with Gasteiger partial charge in [-0.2, -0.15) is 0 Å². The maximum atomic E-state index is 13.5. The summed E-state index contributed by atoms with van der Waals surface area (Å²) in [5, 5.41) is 2.71. The lowest BCUT2D eigenvalue weighted by molar-refractivity contribution is -0.129. The summed E-state index contributed by atoms with van der Waals surface area (Å²) in [6, 6.07) is 5.69. The zero-order chi connectivity index (χ0) is 14.0. The molecule has 0 aromatic heterocycles. The Morgan fingerprint density at radius 1 is 1.42 bits per heavy atom. The van der Waals surface area contributed by atoms with Crippen LogP contribution < -0.4 is 5.32 Å². The lowest BCUT2D eigenvalue weighted by Gasteiger charge is -2.21. The number of amides is 2. The number of halogens is 1. The van der Waals surface area contributed by atoms with E-state index in [1.54, 1.807) is 11.0 Å². The number of rotatable bonds is 3. The minimum absolute atomic E-state index is 0.0120. The van der Waals surface area contributed by atoms with Crippen LogP contribution in [0.3, 0.4) is 0 Å². The Balaban J connectivity index is 2.02. The van der Waals surface area contributed by atoms with E-state index in [9.17, 15) is 14.0 Å². The highest BCUT2D eigenvalue weighted by atomic mass is 19.1. The molecule has 1 unspecified atom stereocenters. The molecule has 1 aromatic carbocycles. The quantitative estimate of drug-likeness (QED) is 0.900. The summed E-state index contributed by atoms with van der Waals surface area (Å²) >= 11 is 0. The van der Waals surface area contributed by atoms with Crippen LogP contribution in [0.2, 0.25) is 0 Å². The van der Waals surface area contributed by atoms with Crippen molar-refractivity contribution in [2.75, 3.05) is 6.54 Å². The van der Waals surface area contributed by atoms with Crippen LogP contribution in [-0.2, 0) is 4.79 Å². The second-order valence-electron chi connectivity index (χ2n) is 4.99. The normalized spacial score (nSPS) is 19.1. The summed E-state index contributed by atoms with van der Waals surface area (Å²) in [4.78, 5) is 25.3. The molecule has 1 fully saturated rings. The molecule has 102 valence electrons. The Hall–Kier alpha value is -1.91. The summed E-state index contributed by atoms with van der Waals surface area (Å²) in [6.07, 6.45) is 0.276. The van der Waals surface area contributed by atoms with Crippen molar-refractivity contribution in [3.05, 3.63) is 35.6 Å². The molecule has 0 spiro atoms. The van der Waals surface area contributed by atoms with Gasteiger partial charge in [0.2, 0.25) is 5.91 Å². The summed E-state index contributed by atoms with van der Waals surface area (Å²) in [5.74, 6) is -1.000. The Labute approximate surface area is 111 Å². The third-order valence-electron chi connectivity index (χ3n) is 3.24. The summed E-state index contributed by atoms with van der Waals surface area (Å²) < 4.78 is 13.5. The Kier molecular flexibility index (Phi) is 3.83. The van der Waals surface area contributed by atoms with Gasteiger partial charge in [0.1, 0.15) is 5.82 Å². The van der Waals surface area contributed by atoms with Crippen LogP contribution >= 0.6 is 0 Å². The SMILES string of the molecule is CC(C)N1CC(NC(=O)c2ccccc2F)CC1=O. The van der Waals surface area contributed by atoms with Crippen LogP contribution in [0, 0.1) is 5.82 Å². The molecule has 1 aromatic rings. The van der Waals surface area contributed by atoms with Crippen molar-refractivity contribution in [3.63, 3.8) is 0 Å². The van der Waals surface area contributed by atoms with Gasteiger partial charge in [0.05, 0.1) is 11.6 Å². The highest BCUT2D eigenvalue weighted by Gasteiger charge is 2.32. The summed E-state index contributed by atoms with van der Waals surface area (Å²) in [7, 11) is 0. The molecule has 0 bridgehead atoms. The van der Waals surface area contributed by atoms with Crippen LogP contribution in [0.25, 0.3) is 0 Å². The lowest BCUT2D eigenvalue weighted by Crippen LogP contribution is -2.39. The summed E-state index contributed by atoms with van der Waals surface area (Å²) in [5.41, 5.74) is 0.0120. The van der Waals surface area contributed by atoms with Gasteiger partial charge in [-0.3, -0.25) is 9.59 Å². The van der Waals surface area contributed by atoms with E-state index in [-0.39, 0.29) is 30.0 Å². The van der Waals surface area contributed by atoms with E-state index < -0.39 is 11.7 Å². The first-order valence-electron chi connectivity index (χ1n) is 6.34. The van der Waals surface area contributed by atoms with E-state index in [1.165, 1.54) is 18.2 Å². The number of benzene rings is 1. The van der Waals surface area contributed by atoms with Gasteiger partial charge in [-0.15, -0.1) is 0 Å². The standard InChI is InChI=1S/C14H17FN2O2/c1-9(2)17-8-10(7-13(17)18)16-14(19)11-5-3-4-6-12(11)15/h3-6,9-10H,7-8H2,1-2H3,(H,16,19). The molecule has 4 nitrogen and oxygen atoms in total. The van der Waals surface area contributed by atoms with Gasteiger partial charge in [-0.1, -0.05) is 12.1 Å². The average molecular weight is 264 g/mol. The highest BCUT2D eigenvalue weighted by Crippen LogP contribution is 2.15. The first kappa shape index (κ1) is 13.5. The van der Waals surface area contributed by atoms with Crippen molar-refractivity contribution in [1.82, 2.24) is 10.2 Å². The lowest BCUT2D eigenvalue weighted by atomic mass is 10.1. The molecule has 1 aliphatic rings. The van der Waals surface area contributed by atoms with Gasteiger partial charge < -0.3 is 10.2 Å². The number of hydrogen-bond acceptors (Lipinski definition) is 2. The first-order valence-corrected chi connectivity index (χ1v) is 6.34. The average Bonchev–Trinajstić information content (AvgIpc) is 2.70. The second kappa shape index (κ2) is 5.38. The zero-order valence-corrected chi connectivity index (χ0v) is 11.0. The van der Waals surface area contributed by atoms with Gasteiger partial charge in [0, 0.05) is 19.0 Å². The minimum atomic E-state index is -0.551. The van der Waals surface area contributed by atoms with Gasteiger partial charge >= 0.3 is 0 Å². The molecule has 0 radical (unpaired) electrons. The minimum Gasteiger partial charge on any atom is -0.347 e. The van der Waals surface area contributed by atoms with E-state index >= 15 is 0 Å². The molecule has 1 aliphatic heterocycles. The molecule has 1 N–H and O–H groups in total. The topological polar surface area (TPSA) is 49.4 Å². The predicted molar refractivity (Wildman–Crippen MR) is 69.1 cm³/mol. The van der Waals surface area contributed by atoms with Crippen LogP contribution in [0.1, 0.15) is 30.6 Å². The number of hydrogen-bond donors (Lipinski definition) is 1. The van der Waals surface area contributed by atoms with E-state index in [1.807, 2.05) is 13.8 Å². The molecule has 1 heterocycles. The maximum Gasteiger partial charge on any atom is 0.254 e. The molecule has 5 heteroatoms. The number of nitrogens with one attached hydrogen (secondary N) is 1. The fourth-order valence-electron chi connectivity index (χ4n) is 2.24. The van der Waals surface area contributed by atoms with Crippen LogP contribution in [0.15, 0.2) is 24.3 Å². The van der Waals surface area contributed by atoms with Crippen molar-refractivity contribution < 1.29 is 14.0 Å². The molecular weight excluding hydrogens is 247 g/mol. The van der Waals surface area contributed by atoms with Crippen molar-refractivity contribution >= 4 is 11.8 Å². The molecule has 0 saturated carbocycles. The third kappa shape index (κ3) is 2.92. The van der Waals surface area contributed by atoms with Crippen molar-refractivity contribution in [1.29, 1.82) is 0 Å². The highest BCUT2D eigenvalue weighted by molar-refractivity contribution is 5.95. The van der Waals surface area contributed by atoms with Gasteiger partial charge in [-0.25, -0.2) is 4.39 Å². The van der Waals surface area contributed by atoms with Crippen molar-refractivity contribution in [2.24, 2.45) is 0 Å². The number of likely N-dealkylation sites (tertiary alicyclic amines) is 1. The fourth-order valence-corrected chi connectivity index (χ4v) is 2.24. The smallest absolute Gasteiger partial charge is 0.254 e. The van der Waals surface area contributed by atoms with Crippen LogP contribution in [0.4, 0.5) is 4.39 Å². The number of carbonyl (C=O) groups is 2. The maximum absolute atomic E-state index is 13.5. The van der Waals surface area contributed by atoms with Gasteiger partial charge in [0.25, 0.3) is 5.91 Å². The van der Waals surface area contributed by atoms with Crippen molar-refractivity contribution in [2.45, 2.75) is 32.4 Å². The van der Waals surface area contributed by atoms with Crippen molar-refractivity contribution in [3.8, 4) is 0 Å². The van der Waals surface area contributed by atoms with Gasteiger partial charge in [0.15, 0.2) is 0 Å². The molecule has 2 amide bonds. The number of nitrogens with zero attached hydrogens (tertiary/aromatic N) is 1. The molecular formula is C14H17FN2O2. The second-order valence-corrected chi connectivity index (χ2v) is 4.99. The van der Waals surface area contributed by atoms with E-state index in [0.29, 0.717) is 6.54 Å². The van der Waals surface area contributed by atoms with E-state index in [0.717, 1.165) is 0 Å². The fraction of sp³-hybridized carbons (Fsp3) is 0.429. The van der Waals surface area contributed by atoms with E-state index in [4.69, 9.17) is 0 Å². The number of carbonyl (C=O) groups excluding carboxylic acids is 2. The molecule has 1 atom stereocenters. The molecule has 1 saturated heterocycles. The van der Waals surface area contributed by atoms with Crippen LogP contribution in [-0.4, -0.2) is 35.3 Å². The molecule has 0 aliphatic carbocycles. The Morgan fingerprint density at radius 2 is 2.11 bits per heavy atom. The molecule has 2 rings (SSSR count). The summed E-state index contributed by atoms with van der Waals surface area (Å²) in [6.45, 7) is 4.34. The Bertz CT molecular complexity index is 502. The van der Waals surface area contributed by atoms with Crippen LogP contribution in [0.5, 0.6) is 0 Å². The predicted octanol–water partition coefficient (Wildman–Crippen LogP) is 1.56. The first-order chi connectivity index (χ1) is 8.99. The molecule has 19 heavy (non-hydrogen) atoms. The monoisotopic (exact) mass is 264 g/mol.